The number of carbonyl (C=O) groups is 2. The minimum Gasteiger partial charge on any atom is -0.444 e. The molecule has 0 radical (unpaired) electrons. The first-order valence-electron chi connectivity index (χ1n) is 9.62. The summed E-state index contributed by atoms with van der Waals surface area (Å²) in [6, 6.07) is -0.136. The zero-order valence-electron chi connectivity index (χ0n) is 16.5. The number of carbonyl (C=O) groups excluding carboxylic acids is 2. The van der Waals surface area contributed by atoms with Gasteiger partial charge in [-0.1, -0.05) is 13.8 Å². The van der Waals surface area contributed by atoms with Crippen LogP contribution in [-0.4, -0.2) is 59.1 Å². The van der Waals surface area contributed by atoms with Crippen LogP contribution in [0.1, 0.15) is 60.3 Å². The highest BCUT2D eigenvalue weighted by Crippen LogP contribution is 2.31. The van der Waals surface area contributed by atoms with E-state index in [4.69, 9.17) is 10.5 Å². The highest BCUT2D eigenvalue weighted by Gasteiger charge is 2.38. The summed E-state index contributed by atoms with van der Waals surface area (Å²) in [5, 5.41) is 0. The molecule has 2 aliphatic rings. The molecule has 0 spiro atoms. The van der Waals surface area contributed by atoms with E-state index in [9.17, 15) is 9.59 Å². The summed E-state index contributed by atoms with van der Waals surface area (Å²) in [4.78, 5) is 28.8. The van der Waals surface area contributed by atoms with Crippen molar-refractivity contribution in [3.8, 4) is 0 Å². The van der Waals surface area contributed by atoms with Gasteiger partial charge in [-0.05, 0) is 58.3 Å². The van der Waals surface area contributed by atoms with Crippen molar-refractivity contribution in [1.29, 1.82) is 0 Å². The van der Waals surface area contributed by atoms with Gasteiger partial charge < -0.3 is 20.3 Å². The van der Waals surface area contributed by atoms with Gasteiger partial charge in [0.1, 0.15) is 5.60 Å². The fourth-order valence-electron chi connectivity index (χ4n) is 3.27. The molecule has 6 nitrogen and oxygen atoms in total. The molecule has 1 heterocycles. The zero-order chi connectivity index (χ0) is 18.8. The lowest BCUT2D eigenvalue weighted by Crippen LogP contribution is -2.52. The first-order chi connectivity index (χ1) is 11.6. The number of likely N-dealkylation sites (tertiary alicyclic amines) is 1. The van der Waals surface area contributed by atoms with Crippen LogP contribution >= 0.6 is 0 Å². The van der Waals surface area contributed by atoms with Crippen molar-refractivity contribution >= 4 is 12.0 Å². The Kier molecular flexibility index (Phi) is 6.35. The Hall–Kier alpha value is -1.30. The molecule has 0 aromatic rings. The molecule has 0 aromatic carbocycles. The summed E-state index contributed by atoms with van der Waals surface area (Å²) in [5.74, 6) is 0.470. The molecule has 1 aliphatic carbocycles. The number of rotatable bonds is 5. The predicted molar refractivity (Wildman–Crippen MR) is 98.1 cm³/mol. The van der Waals surface area contributed by atoms with Gasteiger partial charge in [-0.3, -0.25) is 4.79 Å². The molecular formula is C19H35N3O3. The van der Waals surface area contributed by atoms with Gasteiger partial charge in [-0.25, -0.2) is 4.79 Å². The average Bonchev–Trinajstić information content (AvgIpc) is 3.34. The Bertz CT molecular complexity index is 483. The van der Waals surface area contributed by atoms with E-state index in [-0.39, 0.29) is 17.9 Å². The number of amides is 2. The van der Waals surface area contributed by atoms with Gasteiger partial charge in [-0.15, -0.1) is 0 Å². The first-order valence-corrected chi connectivity index (χ1v) is 9.62. The van der Waals surface area contributed by atoms with Gasteiger partial charge in [0.25, 0.3) is 0 Å². The monoisotopic (exact) mass is 353 g/mol. The molecule has 2 fully saturated rings. The molecule has 0 unspecified atom stereocenters. The van der Waals surface area contributed by atoms with E-state index in [2.05, 4.69) is 0 Å². The van der Waals surface area contributed by atoms with Gasteiger partial charge in [0.2, 0.25) is 5.91 Å². The van der Waals surface area contributed by atoms with Crippen LogP contribution in [0, 0.1) is 11.8 Å². The van der Waals surface area contributed by atoms with Crippen molar-refractivity contribution in [1.82, 2.24) is 9.80 Å². The van der Waals surface area contributed by atoms with E-state index in [1.807, 2.05) is 44.4 Å². The lowest BCUT2D eigenvalue weighted by atomic mass is 9.95. The second-order valence-electron chi connectivity index (χ2n) is 8.93. The summed E-state index contributed by atoms with van der Waals surface area (Å²) >= 11 is 0. The van der Waals surface area contributed by atoms with Crippen molar-refractivity contribution in [3.63, 3.8) is 0 Å². The minimum atomic E-state index is -0.483. The third-order valence-electron chi connectivity index (χ3n) is 4.90. The highest BCUT2D eigenvalue weighted by molar-refractivity contribution is 5.82. The molecule has 25 heavy (non-hydrogen) atoms. The number of nitrogens with zero attached hydrogens (tertiary/aromatic N) is 2. The standard InChI is InChI=1S/C19H35N3O3/c1-13(2)16(20)17(23)21-10-6-7-14(11-21)12-22(15-8-9-15)18(24)25-19(3,4)5/h13-16H,6-12,20H2,1-5H3/t14-,16-/m0/s1. The van der Waals surface area contributed by atoms with E-state index in [1.54, 1.807) is 0 Å². The maximum Gasteiger partial charge on any atom is 0.410 e. The van der Waals surface area contributed by atoms with Gasteiger partial charge in [-0.2, -0.15) is 0 Å². The number of piperidine rings is 1. The molecule has 2 atom stereocenters. The van der Waals surface area contributed by atoms with E-state index in [0.717, 1.165) is 32.2 Å². The lowest BCUT2D eigenvalue weighted by molar-refractivity contribution is -0.135. The molecule has 1 saturated heterocycles. The normalized spacial score (nSPS) is 22.7. The van der Waals surface area contributed by atoms with Gasteiger partial charge in [0, 0.05) is 25.7 Å². The molecule has 1 aliphatic heterocycles. The van der Waals surface area contributed by atoms with Gasteiger partial charge >= 0.3 is 6.09 Å². The Morgan fingerprint density at radius 1 is 1.24 bits per heavy atom. The molecule has 2 N–H and O–H groups in total. The fraction of sp³-hybridized carbons (Fsp3) is 0.895. The Morgan fingerprint density at radius 2 is 1.88 bits per heavy atom. The van der Waals surface area contributed by atoms with Crippen LogP contribution in [0.2, 0.25) is 0 Å². The largest absolute Gasteiger partial charge is 0.444 e. The molecule has 6 heteroatoms. The SMILES string of the molecule is CC(C)[C@H](N)C(=O)N1CCC[C@H](CN(C(=O)OC(C)(C)C)C2CC2)C1. The Balaban J connectivity index is 1.95. The van der Waals surface area contributed by atoms with E-state index in [0.29, 0.717) is 25.0 Å². The third-order valence-corrected chi connectivity index (χ3v) is 4.90. The summed E-state index contributed by atoms with van der Waals surface area (Å²) < 4.78 is 5.57. The quantitative estimate of drug-likeness (QED) is 0.824. The molecule has 2 rings (SSSR count). The van der Waals surface area contributed by atoms with Crippen LogP contribution in [0.15, 0.2) is 0 Å². The molecule has 0 bridgehead atoms. The van der Waals surface area contributed by atoms with Gasteiger partial charge in [0.05, 0.1) is 6.04 Å². The topological polar surface area (TPSA) is 75.9 Å². The van der Waals surface area contributed by atoms with E-state index in [1.165, 1.54) is 0 Å². The van der Waals surface area contributed by atoms with Crippen molar-refractivity contribution in [2.24, 2.45) is 17.6 Å². The van der Waals surface area contributed by atoms with Crippen LogP contribution in [-0.2, 0) is 9.53 Å². The lowest BCUT2D eigenvalue weighted by Gasteiger charge is -2.37. The molecule has 0 aromatic heterocycles. The summed E-state index contributed by atoms with van der Waals surface area (Å²) in [5.41, 5.74) is 5.55. The van der Waals surface area contributed by atoms with Gasteiger partial charge in [0.15, 0.2) is 0 Å². The third kappa shape index (κ3) is 5.87. The summed E-state index contributed by atoms with van der Waals surface area (Å²) in [6.45, 7) is 11.7. The minimum absolute atomic E-state index is 0.0370. The average molecular weight is 354 g/mol. The number of ether oxygens (including phenoxy) is 1. The van der Waals surface area contributed by atoms with Crippen LogP contribution in [0.25, 0.3) is 0 Å². The van der Waals surface area contributed by atoms with Crippen molar-refractivity contribution in [2.45, 2.75) is 78.0 Å². The van der Waals surface area contributed by atoms with Crippen molar-refractivity contribution < 1.29 is 14.3 Å². The van der Waals surface area contributed by atoms with Crippen molar-refractivity contribution in [3.05, 3.63) is 0 Å². The van der Waals surface area contributed by atoms with E-state index >= 15 is 0 Å². The number of nitrogens with two attached hydrogens (primary N) is 1. The van der Waals surface area contributed by atoms with E-state index < -0.39 is 11.6 Å². The smallest absolute Gasteiger partial charge is 0.410 e. The predicted octanol–water partition coefficient (Wildman–Crippen LogP) is 2.61. The molecule has 2 amide bonds. The second-order valence-corrected chi connectivity index (χ2v) is 8.93. The van der Waals surface area contributed by atoms with Crippen LogP contribution in [0.5, 0.6) is 0 Å². The maximum absolute atomic E-state index is 12.5. The number of hydrogen-bond acceptors (Lipinski definition) is 4. The Morgan fingerprint density at radius 3 is 2.40 bits per heavy atom. The Labute approximate surface area is 152 Å². The van der Waals surface area contributed by atoms with Crippen molar-refractivity contribution in [2.75, 3.05) is 19.6 Å². The van der Waals surface area contributed by atoms with Crippen LogP contribution in [0.4, 0.5) is 4.79 Å². The van der Waals surface area contributed by atoms with Crippen LogP contribution in [0.3, 0.4) is 0 Å². The number of hydrogen-bond donors (Lipinski definition) is 1. The molecular weight excluding hydrogens is 318 g/mol. The second kappa shape index (κ2) is 7.94. The highest BCUT2D eigenvalue weighted by atomic mass is 16.6. The maximum atomic E-state index is 12.5. The summed E-state index contributed by atoms with van der Waals surface area (Å²) in [6.07, 6.45) is 3.87. The summed E-state index contributed by atoms with van der Waals surface area (Å²) in [7, 11) is 0. The molecule has 1 saturated carbocycles. The molecule has 144 valence electrons. The first kappa shape index (κ1) is 20.0. The fourth-order valence-corrected chi connectivity index (χ4v) is 3.27. The zero-order valence-corrected chi connectivity index (χ0v) is 16.5. The van der Waals surface area contributed by atoms with Crippen LogP contribution < -0.4 is 5.73 Å².